The molecule has 0 bridgehead atoms. The van der Waals surface area contributed by atoms with Crippen LogP contribution in [0, 0.1) is 27.7 Å². The summed E-state index contributed by atoms with van der Waals surface area (Å²) >= 11 is 0. The first-order valence-electron chi connectivity index (χ1n) is 34.4. The van der Waals surface area contributed by atoms with Crippen molar-refractivity contribution in [1.82, 2.24) is 0 Å². The summed E-state index contributed by atoms with van der Waals surface area (Å²) in [6.45, 7) is 9.44. The monoisotopic (exact) mass is 1230 g/mol. The molecule has 0 aliphatic heterocycles. The number of anilines is 6. The van der Waals surface area contributed by atoms with E-state index in [1.54, 1.807) is 0 Å². The summed E-state index contributed by atoms with van der Waals surface area (Å²) in [6, 6.07) is 112. The minimum Gasteiger partial charge on any atom is -0.309 e. The average Bonchev–Trinajstić information content (AvgIpc) is 1.58. The number of aryl methyl sites for hydroxylation is 4. The average molecular weight is 1230 g/mol. The lowest BCUT2D eigenvalue weighted by atomic mass is 9.69. The highest BCUT2D eigenvalue weighted by Gasteiger charge is 2.46. The molecule has 0 heterocycles. The molecule has 0 saturated carbocycles. The molecule has 16 aromatic rings. The van der Waals surface area contributed by atoms with Crippen LogP contribution in [0.2, 0.25) is 0 Å². The predicted octanol–water partition coefficient (Wildman–Crippen LogP) is 25.8. The van der Waals surface area contributed by atoms with Crippen LogP contribution >= 0.6 is 0 Å². The summed E-state index contributed by atoms with van der Waals surface area (Å²) in [5.74, 6) is 0. The minimum absolute atomic E-state index is 0.579. The van der Waals surface area contributed by atoms with Gasteiger partial charge in [0.2, 0.25) is 0 Å². The highest BCUT2D eigenvalue weighted by Crippen LogP contribution is 2.64. The quantitative estimate of drug-likeness (QED) is 0.135. The molecule has 21 rings (SSSR count). The van der Waals surface area contributed by atoms with Crippen LogP contribution < -0.4 is 9.80 Å². The Bertz CT molecular complexity index is 5530. The van der Waals surface area contributed by atoms with E-state index in [2.05, 4.69) is 329 Å². The van der Waals surface area contributed by atoms with E-state index in [-0.39, 0.29) is 0 Å². The normalized spacial score (nSPS) is 13.1. The molecule has 16 aromatic carbocycles. The van der Waals surface area contributed by atoms with Gasteiger partial charge in [-0.25, -0.2) is 0 Å². The van der Waals surface area contributed by atoms with Crippen molar-refractivity contribution in [3.8, 4) is 100 Å². The number of hydrogen-bond acceptors (Lipinski definition) is 2. The molecule has 5 aliphatic carbocycles. The van der Waals surface area contributed by atoms with E-state index in [1.807, 2.05) is 0 Å². The second-order valence-electron chi connectivity index (χ2n) is 28.0. The summed E-state index contributed by atoms with van der Waals surface area (Å²) in [5.41, 5.74) is 40.0. The van der Waals surface area contributed by atoms with Crippen molar-refractivity contribution in [2.45, 2.75) is 46.0 Å². The van der Waals surface area contributed by atoms with Gasteiger partial charge in [-0.05, 0) is 255 Å². The van der Waals surface area contributed by atoms with Crippen LogP contribution in [0.5, 0.6) is 0 Å². The van der Waals surface area contributed by atoms with Crippen LogP contribution in [0.15, 0.2) is 291 Å². The molecular formula is C95H64N2. The number of nitrogens with zero attached hydrogens (tertiary/aromatic N) is 2. The van der Waals surface area contributed by atoms with Crippen molar-refractivity contribution < 1.29 is 0 Å². The Morgan fingerprint density at radius 1 is 0.227 bits per heavy atom. The molecule has 0 atom stereocenters. The molecule has 0 spiro atoms. The largest absolute Gasteiger partial charge is 0.309 e. The molecule has 0 radical (unpaired) electrons. The molecule has 97 heavy (non-hydrogen) atoms. The number of hydrogen-bond donors (Lipinski definition) is 0. The van der Waals surface area contributed by atoms with Crippen LogP contribution in [0.3, 0.4) is 0 Å². The topological polar surface area (TPSA) is 6.48 Å². The maximum Gasteiger partial charge on any atom is 0.0576 e. The van der Waals surface area contributed by atoms with Crippen molar-refractivity contribution in [2.75, 3.05) is 9.80 Å². The third kappa shape index (κ3) is 7.45. The minimum atomic E-state index is -0.579. The Morgan fingerprint density at radius 2 is 0.485 bits per heavy atom. The van der Waals surface area contributed by atoms with Crippen molar-refractivity contribution >= 4 is 77.2 Å². The van der Waals surface area contributed by atoms with Gasteiger partial charge in [0.25, 0.3) is 0 Å². The molecular weight excluding hydrogens is 1170 g/mol. The van der Waals surface area contributed by atoms with Gasteiger partial charge in [0.05, 0.1) is 22.7 Å². The SMILES string of the molecule is Cc1cc2cccc3c2c(c1N(c1ccc2c(c1)C(Cc1ccccc1)(Cc1ccccc1)c1cc(N(c4c(C)cc5cccc6c5c4-c4ccccc4-6)c4c(C)cc5cccc6c5c4-c4ccccc4-6)ccc1-2)c1c(C)cc2cccc4c2c1-c1ccccc1-4)-c1ccccc1-3. The Hall–Kier alpha value is -11.8. The van der Waals surface area contributed by atoms with E-state index in [0.717, 1.165) is 24.2 Å². The molecule has 0 aromatic heterocycles. The van der Waals surface area contributed by atoms with Crippen LogP contribution in [0.1, 0.15) is 44.5 Å². The Labute approximate surface area is 565 Å². The van der Waals surface area contributed by atoms with Gasteiger partial charge < -0.3 is 9.80 Å². The van der Waals surface area contributed by atoms with Crippen molar-refractivity contribution in [3.05, 3.63) is 336 Å². The first-order valence-corrected chi connectivity index (χ1v) is 34.4. The fourth-order valence-electron chi connectivity index (χ4n) is 19.0. The van der Waals surface area contributed by atoms with Gasteiger partial charge >= 0.3 is 0 Å². The van der Waals surface area contributed by atoms with Crippen molar-refractivity contribution in [1.29, 1.82) is 0 Å². The van der Waals surface area contributed by atoms with E-state index in [0.29, 0.717) is 0 Å². The lowest BCUT2D eigenvalue weighted by Gasteiger charge is -2.37. The van der Waals surface area contributed by atoms with Crippen LogP contribution in [0.25, 0.3) is 143 Å². The zero-order chi connectivity index (χ0) is 64.1. The fraction of sp³-hybridized carbons (Fsp3) is 0.0737. The molecule has 0 unspecified atom stereocenters. The van der Waals surface area contributed by atoms with Gasteiger partial charge in [-0.1, -0.05) is 243 Å². The van der Waals surface area contributed by atoms with E-state index in [4.69, 9.17) is 0 Å². The molecule has 2 nitrogen and oxygen atoms in total. The predicted molar refractivity (Wildman–Crippen MR) is 409 cm³/mol. The molecule has 0 N–H and O–H groups in total. The van der Waals surface area contributed by atoms with Crippen molar-refractivity contribution in [3.63, 3.8) is 0 Å². The van der Waals surface area contributed by atoms with Gasteiger partial charge in [0.15, 0.2) is 0 Å². The lowest BCUT2D eigenvalue weighted by Crippen LogP contribution is -2.31. The molecule has 0 fully saturated rings. The molecule has 0 amide bonds. The maximum absolute atomic E-state index is 2.73. The second kappa shape index (κ2) is 20.1. The molecule has 454 valence electrons. The second-order valence-corrected chi connectivity index (χ2v) is 28.0. The third-order valence-electron chi connectivity index (χ3n) is 22.7. The van der Waals surface area contributed by atoms with Crippen LogP contribution in [-0.2, 0) is 18.3 Å². The maximum atomic E-state index is 2.73. The highest BCUT2D eigenvalue weighted by molar-refractivity contribution is 6.26. The Morgan fingerprint density at radius 3 is 0.773 bits per heavy atom. The van der Waals surface area contributed by atoms with E-state index in [1.165, 1.54) is 210 Å². The van der Waals surface area contributed by atoms with E-state index >= 15 is 0 Å². The summed E-state index contributed by atoms with van der Waals surface area (Å²) < 4.78 is 0. The van der Waals surface area contributed by atoms with Gasteiger partial charge in [-0.2, -0.15) is 0 Å². The number of fused-ring (bicyclic) bond motifs is 15. The van der Waals surface area contributed by atoms with Crippen LogP contribution in [0.4, 0.5) is 34.1 Å². The molecule has 5 aliphatic rings. The summed E-state index contributed by atoms with van der Waals surface area (Å²) in [7, 11) is 0. The van der Waals surface area contributed by atoms with E-state index in [9.17, 15) is 0 Å². The highest BCUT2D eigenvalue weighted by atomic mass is 15.2. The first-order chi connectivity index (χ1) is 47.8. The van der Waals surface area contributed by atoms with Gasteiger partial charge in [-0.15, -0.1) is 0 Å². The standard InChI is InChI=1S/C95H64N2/c1-55-47-61-27-19-39-73-67-31-11-15-35-77(67)87(83(61)73)91(55)96(92-56(2)48-62-28-20-40-74-68-32-12-16-36-78(68)88(92)84(62)74)65-43-45-71-72-46-44-66(52-82(72)95(81(71)51-65,53-59-23-7-5-8-24-59)54-60-25-9-6-10-26-60)97(93-57(3)49-63-29-21-41-75-69-33-13-17-37-79(69)89(93)85(63)75)94-58(4)50-64-30-22-42-76-70-34-14-18-38-80(70)90(94)86(64)76/h5-52H,53-54H2,1-4H3. The lowest BCUT2D eigenvalue weighted by molar-refractivity contribution is 0.520. The number of benzene rings is 16. The van der Waals surface area contributed by atoms with E-state index < -0.39 is 5.41 Å². The van der Waals surface area contributed by atoms with Gasteiger partial charge in [0, 0.05) is 39.0 Å². The summed E-state index contributed by atoms with van der Waals surface area (Å²) in [5, 5.41) is 10.3. The smallest absolute Gasteiger partial charge is 0.0576 e. The van der Waals surface area contributed by atoms with Gasteiger partial charge in [0.1, 0.15) is 0 Å². The summed E-state index contributed by atoms with van der Waals surface area (Å²) in [4.78, 5) is 5.46. The van der Waals surface area contributed by atoms with Crippen LogP contribution in [-0.4, -0.2) is 0 Å². The summed E-state index contributed by atoms with van der Waals surface area (Å²) in [6.07, 6.45) is 1.55. The zero-order valence-corrected chi connectivity index (χ0v) is 54.5. The third-order valence-corrected chi connectivity index (χ3v) is 22.7. The fourth-order valence-corrected chi connectivity index (χ4v) is 19.0. The molecule has 0 saturated heterocycles. The van der Waals surface area contributed by atoms with Crippen molar-refractivity contribution in [2.24, 2.45) is 0 Å². The number of rotatable bonds is 10. The Balaban J connectivity index is 0.872. The van der Waals surface area contributed by atoms with Gasteiger partial charge in [-0.3, -0.25) is 0 Å². The first kappa shape index (κ1) is 54.5. The Kier molecular flexibility index (Phi) is 11.3. The zero-order valence-electron chi connectivity index (χ0n) is 54.5. The molecule has 2 heteroatoms.